The first-order valence-electron chi connectivity index (χ1n) is 5.62. The summed E-state index contributed by atoms with van der Waals surface area (Å²) in [5.74, 6) is 5.20. The van der Waals surface area contributed by atoms with Crippen LogP contribution in [0.3, 0.4) is 0 Å². The highest BCUT2D eigenvalue weighted by atomic mass is 16.2. The number of hydrogen-bond donors (Lipinski definition) is 2. The predicted octanol–water partition coefficient (Wildman–Crippen LogP) is 0.723. The van der Waals surface area contributed by atoms with Crippen molar-refractivity contribution in [2.45, 2.75) is 27.2 Å². The van der Waals surface area contributed by atoms with Crippen molar-refractivity contribution in [1.82, 2.24) is 5.01 Å². The second-order valence-electron chi connectivity index (χ2n) is 4.02. The van der Waals surface area contributed by atoms with Crippen LogP contribution in [0.1, 0.15) is 27.2 Å². The Labute approximate surface area is 102 Å². The maximum Gasteiger partial charge on any atom is 0.269 e. The van der Waals surface area contributed by atoms with Crippen molar-refractivity contribution in [3.8, 4) is 0 Å². The zero-order chi connectivity index (χ0) is 13.4. The Morgan fingerprint density at radius 1 is 1.41 bits per heavy atom. The Bertz CT molecular complexity index is 333. The van der Waals surface area contributed by atoms with E-state index in [-0.39, 0.29) is 12.5 Å². The van der Waals surface area contributed by atoms with Gasteiger partial charge in [0.1, 0.15) is 6.29 Å². The molecule has 0 atom stereocenters. The molecule has 0 aliphatic heterocycles. The van der Waals surface area contributed by atoms with Gasteiger partial charge in [0.25, 0.3) is 5.91 Å². The van der Waals surface area contributed by atoms with Gasteiger partial charge in [0.05, 0.1) is 12.1 Å². The monoisotopic (exact) mass is 239 g/mol. The van der Waals surface area contributed by atoms with Gasteiger partial charge in [-0.25, -0.2) is 5.84 Å². The topological polar surface area (TPSA) is 89.4 Å². The molecule has 0 aromatic carbocycles. The number of rotatable bonds is 6. The second kappa shape index (κ2) is 7.62. The van der Waals surface area contributed by atoms with Gasteiger partial charge in [-0.05, 0) is 12.3 Å². The molecule has 0 fully saturated rings. The van der Waals surface area contributed by atoms with Crippen molar-refractivity contribution in [3.05, 3.63) is 23.4 Å². The van der Waals surface area contributed by atoms with E-state index in [1.165, 1.54) is 0 Å². The lowest BCUT2D eigenvalue weighted by Crippen LogP contribution is -2.40. The summed E-state index contributed by atoms with van der Waals surface area (Å²) in [6, 6.07) is 0. The molecule has 1 amide bonds. The summed E-state index contributed by atoms with van der Waals surface area (Å²) in [7, 11) is 0. The van der Waals surface area contributed by atoms with E-state index in [4.69, 9.17) is 11.6 Å². The van der Waals surface area contributed by atoms with Crippen LogP contribution < -0.4 is 11.6 Å². The van der Waals surface area contributed by atoms with Crippen molar-refractivity contribution < 1.29 is 9.59 Å². The molecule has 0 aromatic heterocycles. The predicted molar refractivity (Wildman–Crippen MR) is 67.4 cm³/mol. The van der Waals surface area contributed by atoms with Gasteiger partial charge in [-0.15, -0.1) is 0 Å². The third-order valence-electron chi connectivity index (χ3n) is 2.00. The van der Waals surface area contributed by atoms with Crippen LogP contribution in [0.2, 0.25) is 0 Å². The minimum atomic E-state index is -0.437. The largest absolute Gasteiger partial charge is 0.398 e. The van der Waals surface area contributed by atoms with Gasteiger partial charge in [0.15, 0.2) is 0 Å². The minimum Gasteiger partial charge on any atom is -0.398 e. The van der Waals surface area contributed by atoms with Gasteiger partial charge < -0.3 is 10.5 Å². The summed E-state index contributed by atoms with van der Waals surface area (Å²) in [6.45, 7) is 5.66. The Morgan fingerprint density at radius 2 is 2.00 bits per heavy atom. The zero-order valence-electron chi connectivity index (χ0n) is 10.6. The fourth-order valence-electron chi connectivity index (χ4n) is 1.27. The van der Waals surface area contributed by atoms with Crippen LogP contribution in [0.4, 0.5) is 0 Å². The van der Waals surface area contributed by atoms with Gasteiger partial charge in [-0.3, -0.25) is 9.80 Å². The van der Waals surface area contributed by atoms with E-state index < -0.39 is 5.91 Å². The van der Waals surface area contributed by atoms with Gasteiger partial charge in [-0.2, -0.15) is 0 Å². The van der Waals surface area contributed by atoms with Crippen molar-refractivity contribution in [1.29, 1.82) is 0 Å². The average molecular weight is 239 g/mol. The molecule has 4 N–H and O–H groups in total. The Hall–Kier alpha value is -1.62. The van der Waals surface area contributed by atoms with Crippen LogP contribution in [0.25, 0.3) is 0 Å². The molecule has 5 nitrogen and oxygen atoms in total. The van der Waals surface area contributed by atoms with Crippen LogP contribution in [-0.2, 0) is 9.59 Å². The van der Waals surface area contributed by atoms with Crippen molar-refractivity contribution in [2.75, 3.05) is 6.54 Å². The van der Waals surface area contributed by atoms with Crippen LogP contribution in [-0.4, -0.2) is 23.7 Å². The van der Waals surface area contributed by atoms with E-state index in [0.717, 1.165) is 11.4 Å². The molecule has 0 heterocycles. The molecule has 0 radical (unpaired) electrons. The van der Waals surface area contributed by atoms with E-state index in [2.05, 4.69) is 0 Å². The molecule has 0 rings (SSSR count). The Kier molecular flexibility index (Phi) is 6.89. The number of aldehydes is 1. The molecule has 0 spiro atoms. The highest BCUT2D eigenvalue weighted by Crippen LogP contribution is 2.11. The number of nitrogens with two attached hydrogens (primary N) is 2. The van der Waals surface area contributed by atoms with Crippen molar-refractivity contribution in [3.63, 3.8) is 0 Å². The highest BCUT2D eigenvalue weighted by Gasteiger charge is 2.17. The summed E-state index contributed by atoms with van der Waals surface area (Å²) >= 11 is 0. The molecule has 96 valence electrons. The fourth-order valence-corrected chi connectivity index (χ4v) is 1.27. The van der Waals surface area contributed by atoms with Gasteiger partial charge in [-0.1, -0.05) is 32.9 Å². The van der Waals surface area contributed by atoms with E-state index >= 15 is 0 Å². The number of carbonyl (C=O) groups is 2. The summed E-state index contributed by atoms with van der Waals surface area (Å²) in [5.41, 5.74) is 6.56. The third-order valence-corrected chi connectivity index (χ3v) is 2.00. The second-order valence-corrected chi connectivity index (χ2v) is 4.02. The smallest absolute Gasteiger partial charge is 0.269 e. The Balaban J connectivity index is 5.13. The van der Waals surface area contributed by atoms with Crippen LogP contribution in [0.15, 0.2) is 23.4 Å². The first-order valence-corrected chi connectivity index (χ1v) is 5.62. The number of amides is 1. The standard InChI is InChI=1S/C12H21N3O2/c1-4-5-11(13)10(8-9(2)3)12(17)15(14)6-7-16/h5,7-9H,4,6,13-14H2,1-3H3/b10-8+,11-5+. The van der Waals surface area contributed by atoms with Gasteiger partial charge in [0, 0.05) is 5.70 Å². The number of hydrogen-bond acceptors (Lipinski definition) is 4. The molecule has 0 saturated heterocycles. The molecule has 0 bridgehead atoms. The lowest BCUT2D eigenvalue weighted by molar-refractivity contribution is -0.129. The lowest BCUT2D eigenvalue weighted by Gasteiger charge is -2.17. The molecule has 0 aliphatic rings. The third kappa shape index (κ3) is 5.31. The first kappa shape index (κ1) is 15.4. The summed E-state index contributed by atoms with van der Waals surface area (Å²) < 4.78 is 0. The Morgan fingerprint density at radius 3 is 2.41 bits per heavy atom. The maximum absolute atomic E-state index is 11.9. The molecule has 0 aliphatic carbocycles. The number of hydrazine groups is 1. The van der Waals surface area contributed by atoms with E-state index in [1.807, 2.05) is 20.8 Å². The lowest BCUT2D eigenvalue weighted by atomic mass is 10.1. The average Bonchev–Trinajstić information content (AvgIpc) is 2.25. The molecule has 0 saturated carbocycles. The quantitative estimate of drug-likeness (QED) is 0.178. The van der Waals surface area contributed by atoms with Gasteiger partial charge in [0.2, 0.25) is 0 Å². The number of nitrogens with zero attached hydrogens (tertiary/aromatic N) is 1. The van der Waals surface area contributed by atoms with E-state index in [1.54, 1.807) is 12.2 Å². The summed E-state index contributed by atoms with van der Waals surface area (Å²) in [4.78, 5) is 22.3. The molecule has 17 heavy (non-hydrogen) atoms. The SMILES string of the molecule is CC/C=C(N)\C(=C/C(C)C)C(=O)N(N)CC=O. The molecular formula is C12H21N3O2. The molecule has 0 aromatic rings. The van der Waals surface area contributed by atoms with E-state index in [0.29, 0.717) is 17.6 Å². The van der Waals surface area contributed by atoms with Crippen molar-refractivity contribution >= 4 is 12.2 Å². The van der Waals surface area contributed by atoms with Gasteiger partial charge >= 0.3 is 0 Å². The minimum absolute atomic E-state index is 0.145. The summed E-state index contributed by atoms with van der Waals surface area (Å²) in [6.07, 6.45) is 4.80. The number of carbonyl (C=O) groups excluding carboxylic acids is 2. The van der Waals surface area contributed by atoms with Crippen LogP contribution in [0, 0.1) is 5.92 Å². The van der Waals surface area contributed by atoms with Crippen molar-refractivity contribution in [2.24, 2.45) is 17.5 Å². The van der Waals surface area contributed by atoms with E-state index in [9.17, 15) is 9.59 Å². The first-order chi connectivity index (χ1) is 7.93. The zero-order valence-corrected chi connectivity index (χ0v) is 10.6. The highest BCUT2D eigenvalue weighted by molar-refractivity contribution is 5.97. The fraction of sp³-hybridized carbons (Fsp3) is 0.500. The van der Waals surface area contributed by atoms with Crippen LogP contribution >= 0.6 is 0 Å². The van der Waals surface area contributed by atoms with Crippen LogP contribution in [0.5, 0.6) is 0 Å². The normalized spacial score (nSPS) is 12.8. The number of allylic oxidation sites excluding steroid dienone is 2. The molecule has 0 unspecified atom stereocenters. The maximum atomic E-state index is 11.9. The molecule has 5 heteroatoms. The summed E-state index contributed by atoms with van der Waals surface area (Å²) in [5, 5.41) is 0.859. The molecular weight excluding hydrogens is 218 g/mol.